The number of fused-ring (bicyclic) bond motifs is 3. The molecule has 7 rings (SSSR count). The van der Waals surface area contributed by atoms with Gasteiger partial charge in [-0.05, 0) is 66.9 Å². The monoisotopic (exact) mass is 569 g/mol. The summed E-state index contributed by atoms with van der Waals surface area (Å²) in [5.74, 6) is 0.122. The van der Waals surface area contributed by atoms with Crippen molar-refractivity contribution in [3.63, 3.8) is 0 Å². The Kier molecular flexibility index (Phi) is 7.04. The van der Waals surface area contributed by atoms with E-state index in [1.165, 1.54) is 23.3 Å². The zero-order valence-corrected chi connectivity index (χ0v) is 24.1. The van der Waals surface area contributed by atoms with E-state index in [0.29, 0.717) is 19.0 Å². The quantitative estimate of drug-likeness (QED) is 0.252. The number of rotatable bonds is 7. The first-order valence-corrected chi connectivity index (χ1v) is 14.9. The third-order valence-corrected chi connectivity index (χ3v) is 8.90. The number of hydrogen-bond acceptors (Lipinski definition) is 7. The van der Waals surface area contributed by atoms with Crippen molar-refractivity contribution in [2.45, 2.75) is 26.1 Å². The van der Waals surface area contributed by atoms with Gasteiger partial charge < -0.3 is 14.8 Å². The van der Waals surface area contributed by atoms with E-state index in [9.17, 15) is 4.39 Å². The van der Waals surface area contributed by atoms with E-state index < -0.39 is 0 Å². The largest absolute Gasteiger partial charge is 0.490 e. The number of benzene rings is 2. The number of ether oxygens (including phenoxy) is 2. The van der Waals surface area contributed by atoms with Crippen LogP contribution in [0.1, 0.15) is 16.8 Å². The standard InChI is InChI=1S/C32H32FN5O2S/c1-37-10-11-38-24(19-37)17-27(36-38)31-29(25-6-5-23(33)16-28(25)40-13-12-39-2)32-26(8-14-41-32)30(35-31)21-3-4-22-18-34-9-7-20(22)15-21/h3-6,8,14-17,34H,7,9-13,18-19H2,1-2H3. The number of thiophene rings is 1. The molecular formula is C32H32FN5O2S. The fraction of sp³-hybridized carbons (Fsp3) is 0.312. The summed E-state index contributed by atoms with van der Waals surface area (Å²) < 4.78 is 29.0. The van der Waals surface area contributed by atoms with Gasteiger partial charge in [0.2, 0.25) is 0 Å². The minimum atomic E-state index is -0.348. The van der Waals surface area contributed by atoms with Crippen molar-refractivity contribution in [1.82, 2.24) is 25.0 Å². The molecule has 2 aliphatic heterocycles. The molecule has 0 saturated carbocycles. The van der Waals surface area contributed by atoms with Crippen LogP contribution in [0.3, 0.4) is 0 Å². The third-order valence-electron chi connectivity index (χ3n) is 7.96. The van der Waals surface area contributed by atoms with E-state index in [4.69, 9.17) is 19.6 Å². The fourth-order valence-corrected chi connectivity index (χ4v) is 6.83. The molecule has 0 saturated heterocycles. The molecule has 1 N–H and O–H groups in total. The highest BCUT2D eigenvalue weighted by Crippen LogP contribution is 2.46. The van der Waals surface area contributed by atoms with E-state index in [0.717, 1.165) is 88.7 Å². The summed E-state index contributed by atoms with van der Waals surface area (Å²) in [6, 6.07) is 15.7. The first-order valence-electron chi connectivity index (χ1n) is 14.0. The van der Waals surface area contributed by atoms with E-state index in [1.807, 2.05) is 0 Å². The topological polar surface area (TPSA) is 64.4 Å². The summed E-state index contributed by atoms with van der Waals surface area (Å²) in [5, 5.41) is 11.7. The van der Waals surface area contributed by atoms with Crippen LogP contribution in [-0.2, 0) is 30.8 Å². The van der Waals surface area contributed by atoms with Crippen molar-refractivity contribution in [1.29, 1.82) is 0 Å². The highest BCUT2D eigenvalue weighted by atomic mass is 32.1. The SMILES string of the molecule is COCCOc1cc(F)ccc1-c1c(-c2cc3n(n2)CCN(C)C3)nc(-c2ccc3c(c2)CCNC3)c2ccsc12. The molecule has 7 nitrogen and oxygen atoms in total. The molecule has 2 aromatic carbocycles. The van der Waals surface area contributed by atoms with E-state index in [2.05, 4.69) is 57.7 Å². The molecule has 210 valence electrons. The van der Waals surface area contributed by atoms with Gasteiger partial charge in [-0.1, -0.05) is 12.1 Å². The highest BCUT2D eigenvalue weighted by molar-refractivity contribution is 7.18. The number of methoxy groups -OCH3 is 1. The summed E-state index contributed by atoms with van der Waals surface area (Å²) in [4.78, 5) is 7.69. The van der Waals surface area contributed by atoms with Gasteiger partial charge in [0.1, 0.15) is 29.6 Å². The number of nitrogens with zero attached hydrogens (tertiary/aromatic N) is 4. The van der Waals surface area contributed by atoms with Gasteiger partial charge in [0.05, 0.1) is 24.5 Å². The van der Waals surface area contributed by atoms with Crippen molar-refractivity contribution >= 4 is 21.4 Å². The Bertz CT molecular complexity index is 1750. The summed E-state index contributed by atoms with van der Waals surface area (Å²) >= 11 is 1.66. The van der Waals surface area contributed by atoms with Gasteiger partial charge in [-0.2, -0.15) is 5.10 Å². The van der Waals surface area contributed by atoms with Gasteiger partial charge in [-0.3, -0.25) is 9.58 Å². The van der Waals surface area contributed by atoms with Crippen LogP contribution in [0.15, 0.2) is 53.9 Å². The molecule has 2 aliphatic rings. The number of aromatic nitrogens is 3. The van der Waals surface area contributed by atoms with E-state index in [1.54, 1.807) is 24.5 Å². The molecule has 3 aromatic heterocycles. The Morgan fingerprint density at radius 1 is 1.02 bits per heavy atom. The first kappa shape index (κ1) is 26.3. The molecule has 0 atom stereocenters. The van der Waals surface area contributed by atoms with Crippen molar-refractivity contribution in [3.8, 4) is 39.5 Å². The second kappa shape index (κ2) is 11.0. The molecule has 0 amide bonds. The van der Waals surface area contributed by atoms with E-state index in [-0.39, 0.29) is 5.82 Å². The molecule has 0 aliphatic carbocycles. The van der Waals surface area contributed by atoms with Crippen LogP contribution in [0.4, 0.5) is 4.39 Å². The van der Waals surface area contributed by atoms with Gasteiger partial charge >= 0.3 is 0 Å². The zero-order chi connectivity index (χ0) is 27.9. The number of halogens is 1. The first-order chi connectivity index (χ1) is 20.1. The Balaban J connectivity index is 1.47. The van der Waals surface area contributed by atoms with Crippen LogP contribution < -0.4 is 10.1 Å². The van der Waals surface area contributed by atoms with Gasteiger partial charge in [0, 0.05) is 59.6 Å². The van der Waals surface area contributed by atoms with Crippen LogP contribution in [0.2, 0.25) is 0 Å². The number of nitrogens with one attached hydrogen (secondary N) is 1. The normalized spacial score (nSPS) is 15.2. The lowest BCUT2D eigenvalue weighted by molar-refractivity contribution is 0.146. The Morgan fingerprint density at radius 2 is 1.95 bits per heavy atom. The van der Waals surface area contributed by atoms with Crippen LogP contribution in [0.25, 0.3) is 43.9 Å². The van der Waals surface area contributed by atoms with Crippen molar-refractivity contribution in [2.24, 2.45) is 0 Å². The highest BCUT2D eigenvalue weighted by Gasteiger charge is 2.26. The molecule has 5 aromatic rings. The van der Waals surface area contributed by atoms with Crippen molar-refractivity contribution < 1.29 is 13.9 Å². The predicted octanol–water partition coefficient (Wildman–Crippen LogP) is 5.75. The zero-order valence-electron chi connectivity index (χ0n) is 23.2. The molecule has 9 heteroatoms. The summed E-state index contributed by atoms with van der Waals surface area (Å²) in [6.45, 7) is 5.20. The molecule has 5 heterocycles. The molecule has 0 bridgehead atoms. The average Bonchev–Trinajstić information content (AvgIpc) is 3.64. The second-order valence-corrected chi connectivity index (χ2v) is 11.6. The molecular weight excluding hydrogens is 537 g/mol. The molecule has 0 fully saturated rings. The van der Waals surface area contributed by atoms with Crippen LogP contribution >= 0.6 is 11.3 Å². The third kappa shape index (κ3) is 4.93. The van der Waals surface area contributed by atoms with Crippen LogP contribution in [-0.4, -0.2) is 60.1 Å². The summed E-state index contributed by atoms with van der Waals surface area (Å²) in [7, 11) is 3.75. The molecule has 0 radical (unpaired) electrons. The van der Waals surface area contributed by atoms with Crippen molar-refractivity contribution in [2.75, 3.05) is 40.5 Å². The lowest BCUT2D eigenvalue weighted by Gasteiger charge is -2.22. The maximum atomic E-state index is 14.5. The molecule has 0 unspecified atom stereocenters. The molecule has 41 heavy (non-hydrogen) atoms. The Labute approximate surface area is 242 Å². The lowest BCUT2D eigenvalue weighted by Crippen LogP contribution is -2.30. The number of hydrogen-bond donors (Lipinski definition) is 1. The average molecular weight is 570 g/mol. The van der Waals surface area contributed by atoms with Crippen LogP contribution in [0.5, 0.6) is 5.75 Å². The Hall–Kier alpha value is -3.63. The number of pyridine rings is 1. The fourth-order valence-electron chi connectivity index (χ4n) is 5.87. The number of likely N-dealkylation sites (N-methyl/N-ethyl adjacent to an activating group) is 1. The van der Waals surface area contributed by atoms with Gasteiger partial charge in [-0.15, -0.1) is 11.3 Å². The smallest absolute Gasteiger partial charge is 0.130 e. The maximum absolute atomic E-state index is 14.5. The summed E-state index contributed by atoms with van der Waals surface area (Å²) in [5.41, 5.74) is 9.21. The minimum Gasteiger partial charge on any atom is -0.490 e. The molecule has 0 spiro atoms. The van der Waals surface area contributed by atoms with Gasteiger partial charge in [-0.25, -0.2) is 9.37 Å². The second-order valence-electron chi connectivity index (χ2n) is 10.7. The maximum Gasteiger partial charge on any atom is 0.130 e. The van der Waals surface area contributed by atoms with E-state index >= 15 is 0 Å². The Morgan fingerprint density at radius 3 is 2.85 bits per heavy atom. The minimum absolute atomic E-state index is 0.316. The van der Waals surface area contributed by atoms with Gasteiger partial charge in [0.25, 0.3) is 0 Å². The predicted molar refractivity (Wildman–Crippen MR) is 161 cm³/mol. The van der Waals surface area contributed by atoms with Crippen molar-refractivity contribution in [3.05, 3.63) is 76.5 Å². The summed E-state index contributed by atoms with van der Waals surface area (Å²) in [6.07, 6.45) is 1.000. The lowest BCUT2D eigenvalue weighted by atomic mass is 9.94. The van der Waals surface area contributed by atoms with Gasteiger partial charge in [0.15, 0.2) is 0 Å². The van der Waals surface area contributed by atoms with Crippen LogP contribution in [0, 0.1) is 5.82 Å².